The number of nitrogens with zero attached hydrogens (tertiary/aromatic N) is 4. The standard InChI is InChI=1S/C18H16N6O/c1-2-11-4-6-21-9-13(11)15-7-12-8-16(24-17(25)3-5-19)22-10-14(12)18(20)23-15/h4,6-10H,2-3H2,1H3,(H2,20,23)(H,22,24,25). The maximum absolute atomic E-state index is 11.6. The summed E-state index contributed by atoms with van der Waals surface area (Å²) in [6, 6.07) is 7.37. The van der Waals surface area contributed by atoms with Crippen LogP contribution in [0.2, 0.25) is 0 Å². The number of nitrogen functional groups attached to an aromatic ring is 1. The van der Waals surface area contributed by atoms with E-state index in [9.17, 15) is 4.79 Å². The van der Waals surface area contributed by atoms with Crippen molar-refractivity contribution in [3.05, 3.63) is 42.4 Å². The summed E-state index contributed by atoms with van der Waals surface area (Å²) in [6.45, 7) is 2.07. The van der Waals surface area contributed by atoms with E-state index in [1.54, 1.807) is 30.7 Å². The molecular weight excluding hydrogens is 316 g/mol. The summed E-state index contributed by atoms with van der Waals surface area (Å²) < 4.78 is 0. The molecule has 3 aromatic rings. The molecule has 0 unspecified atom stereocenters. The first-order chi connectivity index (χ1) is 12.1. The molecule has 0 fully saturated rings. The van der Waals surface area contributed by atoms with Gasteiger partial charge in [-0.2, -0.15) is 5.26 Å². The average Bonchev–Trinajstić information content (AvgIpc) is 2.61. The molecule has 3 aromatic heterocycles. The van der Waals surface area contributed by atoms with Crippen molar-refractivity contribution in [2.24, 2.45) is 0 Å². The Bertz CT molecular complexity index is 993. The number of hydrogen-bond acceptors (Lipinski definition) is 6. The zero-order valence-corrected chi connectivity index (χ0v) is 13.7. The van der Waals surface area contributed by atoms with Crippen LogP contribution in [0, 0.1) is 11.3 Å². The van der Waals surface area contributed by atoms with Gasteiger partial charge in [-0.15, -0.1) is 0 Å². The third kappa shape index (κ3) is 3.38. The fraction of sp³-hybridized carbons (Fsp3) is 0.167. The highest BCUT2D eigenvalue weighted by atomic mass is 16.1. The average molecular weight is 332 g/mol. The van der Waals surface area contributed by atoms with Crippen molar-refractivity contribution in [1.29, 1.82) is 5.26 Å². The molecule has 1 amide bonds. The molecule has 3 heterocycles. The molecule has 0 saturated heterocycles. The Morgan fingerprint density at radius 3 is 2.96 bits per heavy atom. The van der Waals surface area contributed by atoms with Crippen molar-refractivity contribution in [2.45, 2.75) is 19.8 Å². The summed E-state index contributed by atoms with van der Waals surface area (Å²) in [4.78, 5) is 24.4. The van der Waals surface area contributed by atoms with Crippen molar-refractivity contribution in [3.63, 3.8) is 0 Å². The molecule has 0 radical (unpaired) electrons. The summed E-state index contributed by atoms with van der Waals surface area (Å²) in [5.74, 6) is 0.323. The van der Waals surface area contributed by atoms with Gasteiger partial charge in [-0.05, 0) is 35.6 Å². The molecule has 0 spiro atoms. The molecule has 0 aliphatic carbocycles. The summed E-state index contributed by atoms with van der Waals surface area (Å²) >= 11 is 0. The van der Waals surface area contributed by atoms with E-state index >= 15 is 0 Å². The first-order valence-electron chi connectivity index (χ1n) is 7.78. The highest BCUT2D eigenvalue weighted by molar-refractivity contribution is 5.97. The number of fused-ring (bicyclic) bond motifs is 1. The van der Waals surface area contributed by atoms with Gasteiger partial charge in [-0.3, -0.25) is 9.78 Å². The van der Waals surface area contributed by atoms with Gasteiger partial charge in [-0.1, -0.05) is 6.92 Å². The van der Waals surface area contributed by atoms with Crippen LogP contribution in [0.15, 0.2) is 36.8 Å². The minimum Gasteiger partial charge on any atom is -0.383 e. The smallest absolute Gasteiger partial charge is 0.239 e. The first-order valence-corrected chi connectivity index (χ1v) is 7.78. The number of aromatic nitrogens is 3. The molecule has 3 N–H and O–H groups in total. The predicted octanol–water partition coefficient (Wildman–Crippen LogP) is 2.69. The maximum atomic E-state index is 11.6. The van der Waals surface area contributed by atoms with Gasteiger partial charge in [0.25, 0.3) is 0 Å². The minimum absolute atomic E-state index is 0.223. The number of amides is 1. The second kappa shape index (κ2) is 6.93. The third-order valence-corrected chi connectivity index (χ3v) is 3.82. The van der Waals surface area contributed by atoms with Crippen LogP contribution in [0.4, 0.5) is 11.6 Å². The Balaban J connectivity index is 2.07. The summed E-state index contributed by atoms with van der Waals surface area (Å²) in [5, 5.41) is 12.7. The molecule has 7 nitrogen and oxygen atoms in total. The van der Waals surface area contributed by atoms with Gasteiger partial charge in [0.2, 0.25) is 5.91 Å². The quantitative estimate of drug-likeness (QED) is 0.758. The molecule has 0 aliphatic rings. The number of nitriles is 1. The predicted molar refractivity (Wildman–Crippen MR) is 95.4 cm³/mol. The van der Waals surface area contributed by atoms with Gasteiger partial charge in [0, 0.05) is 29.5 Å². The molecular formula is C18H16N6O. The Labute approximate surface area is 144 Å². The van der Waals surface area contributed by atoms with E-state index in [1.165, 1.54) is 0 Å². The van der Waals surface area contributed by atoms with Gasteiger partial charge in [0.15, 0.2) is 0 Å². The fourth-order valence-corrected chi connectivity index (χ4v) is 2.60. The lowest BCUT2D eigenvalue weighted by Crippen LogP contribution is -2.11. The number of nitrogens with two attached hydrogens (primary N) is 1. The molecule has 25 heavy (non-hydrogen) atoms. The van der Waals surface area contributed by atoms with E-state index in [2.05, 4.69) is 27.2 Å². The lowest BCUT2D eigenvalue weighted by Gasteiger charge is -2.10. The maximum Gasteiger partial charge on any atom is 0.239 e. The van der Waals surface area contributed by atoms with E-state index in [1.807, 2.05) is 12.1 Å². The number of nitrogens with one attached hydrogen (secondary N) is 1. The Kier molecular flexibility index (Phi) is 4.53. The van der Waals surface area contributed by atoms with Crippen LogP contribution in [0.1, 0.15) is 18.9 Å². The molecule has 0 aromatic carbocycles. The molecule has 0 atom stereocenters. The fourth-order valence-electron chi connectivity index (χ4n) is 2.60. The number of carbonyl (C=O) groups is 1. The first kappa shape index (κ1) is 16.3. The van der Waals surface area contributed by atoms with E-state index in [0.717, 1.165) is 28.6 Å². The second-order valence-electron chi connectivity index (χ2n) is 5.45. The Morgan fingerprint density at radius 1 is 1.36 bits per heavy atom. The largest absolute Gasteiger partial charge is 0.383 e. The normalized spacial score (nSPS) is 10.4. The van der Waals surface area contributed by atoms with Crippen LogP contribution in [0.3, 0.4) is 0 Å². The van der Waals surface area contributed by atoms with Crippen molar-refractivity contribution >= 4 is 28.3 Å². The number of hydrogen-bond donors (Lipinski definition) is 2. The number of carbonyl (C=O) groups excluding carboxylic acids is 1. The summed E-state index contributed by atoms with van der Waals surface area (Å²) in [7, 11) is 0. The second-order valence-corrected chi connectivity index (χ2v) is 5.45. The molecule has 124 valence electrons. The number of pyridine rings is 3. The molecule has 3 rings (SSSR count). The SMILES string of the molecule is CCc1ccncc1-c1cc2cc(NC(=O)CC#N)ncc2c(N)n1. The molecule has 7 heteroatoms. The van der Waals surface area contributed by atoms with Crippen LogP contribution in [0.5, 0.6) is 0 Å². The van der Waals surface area contributed by atoms with Crippen LogP contribution < -0.4 is 11.1 Å². The Hall–Kier alpha value is -3.53. The Morgan fingerprint density at radius 2 is 2.20 bits per heavy atom. The summed E-state index contributed by atoms with van der Waals surface area (Å²) in [5.41, 5.74) is 8.85. The number of rotatable bonds is 4. The van der Waals surface area contributed by atoms with Crippen LogP contribution in [-0.2, 0) is 11.2 Å². The van der Waals surface area contributed by atoms with Crippen LogP contribution >= 0.6 is 0 Å². The van der Waals surface area contributed by atoms with Gasteiger partial charge < -0.3 is 11.1 Å². The molecule has 0 bridgehead atoms. The number of anilines is 2. The summed E-state index contributed by atoms with van der Waals surface area (Å²) in [6.07, 6.45) is 5.71. The monoisotopic (exact) mass is 332 g/mol. The minimum atomic E-state index is -0.405. The zero-order valence-electron chi connectivity index (χ0n) is 13.7. The highest BCUT2D eigenvalue weighted by Crippen LogP contribution is 2.28. The van der Waals surface area contributed by atoms with Gasteiger partial charge in [0.05, 0.1) is 11.8 Å². The van der Waals surface area contributed by atoms with Crippen LogP contribution in [-0.4, -0.2) is 20.9 Å². The highest BCUT2D eigenvalue weighted by Gasteiger charge is 2.11. The van der Waals surface area contributed by atoms with Gasteiger partial charge in [-0.25, -0.2) is 9.97 Å². The van der Waals surface area contributed by atoms with Crippen molar-refractivity contribution in [2.75, 3.05) is 11.1 Å². The topological polar surface area (TPSA) is 118 Å². The van der Waals surface area contributed by atoms with E-state index in [0.29, 0.717) is 17.0 Å². The lowest BCUT2D eigenvalue weighted by molar-refractivity contribution is -0.115. The molecule has 0 aliphatic heterocycles. The lowest BCUT2D eigenvalue weighted by atomic mass is 10.0. The van der Waals surface area contributed by atoms with Crippen molar-refractivity contribution < 1.29 is 4.79 Å². The van der Waals surface area contributed by atoms with Crippen molar-refractivity contribution in [1.82, 2.24) is 15.0 Å². The van der Waals surface area contributed by atoms with Gasteiger partial charge in [0.1, 0.15) is 18.1 Å². The third-order valence-electron chi connectivity index (χ3n) is 3.82. The van der Waals surface area contributed by atoms with Gasteiger partial charge >= 0.3 is 0 Å². The van der Waals surface area contributed by atoms with E-state index < -0.39 is 5.91 Å². The number of aryl methyl sites for hydroxylation is 1. The zero-order chi connectivity index (χ0) is 17.8. The van der Waals surface area contributed by atoms with E-state index in [4.69, 9.17) is 11.0 Å². The molecule has 0 saturated carbocycles. The van der Waals surface area contributed by atoms with E-state index in [-0.39, 0.29) is 6.42 Å². The van der Waals surface area contributed by atoms with Crippen LogP contribution in [0.25, 0.3) is 22.0 Å². The van der Waals surface area contributed by atoms with Crippen molar-refractivity contribution in [3.8, 4) is 17.3 Å².